The number of aliphatic hydroxyl groups is 14. The van der Waals surface area contributed by atoms with Crippen molar-refractivity contribution in [2.24, 2.45) is 0 Å². The Kier molecular flexibility index (Phi) is 15.1. The maximum atomic E-state index is 13.1. The van der Waals surface area contributed by atoms with Crippen molar-refractivity contribution < 1.29 is 110 Å². The van der Waals surface area contributed by atoms with Crippen LogP contribution < -0.4 is 10.6 Å². The van der Waals surface area contributed by atoms with Gasteiger partial charge in [-0.3, -0.25) is 9.59 Å². The molecule has 318 valence electrons. The summed E-state index contributed by atoms with van der Waals surface area (Å²) in [5, 5.41) is 147. The van der Waals surface area contributed by atoms with Crippen LogP contribution in [0.4, 0.5) is 0 Å². The third-order valence-corrected chi connectivity index (χ3v) is 9.96. The Morgan fingerprint density at radius 2 is 0.768 bits per heavy atom. The Hall–Kier alpha value is -2.64. The second kappa shape index (κ2) is 19.0. The Morgan fingerprint density at radius 3 is 1.07 bits per heavy atom. The highest BCUT2D eigenvalue weighted by molar-refractivity contribution is 5.98. The number of hydrogen-bond acceptors (Lipinski definition) is 22. The molecule has 4 fully saturated rings. The summed E-state index contributed by atoms with van der Waals surface area (Å²) in [4.78, 5) is 26.1. The van der Waals surface area contributed by atoms with E-state index in [-0.39, 0.29) is 11.1 Å². The third-order valence-electron chi connectivity index (χ3n) is 9.96. The summed E-state index contributed by atoms with van der Waals surface area (Å²) in [6.45, 7) is -3.24. The maximum Gasteiger partial charge on any atom is 0.253 e. The molecule has 0 aliphatic carbocycles. The Labute approximate surface area is 316 Å². The Balaban J connectivity index is 1.16. The quantitative estimate of drug-likeness (QED) is 0.0931. The topological polar surface area (TPSA) is 397 Å². The van der Waals surface area contributed by atoms with Gasteiger partial charge in [0.05, 0.1) is 26.4 Å². The fourth-order valence-electron chi connectivity index (χ4n) is 6.62. The van der Waals surface area contributed by atoms with E-state index in [1.54, 1.807) is 0 Å². The van der Waals surface area contributed by atoms with Crippen LogP contribution in [0.25, 0.3) is 0 Å². The predicted octanol–water partition coefficient (Wildman–Crippen LogP) is -9.61. The molecule has 1 aromatic carbocycles. The molecule has 4 aliphatic rings. The van der Waals surface area contributed by atoms with Crippen molar-refractivity contribution in [2.75, 3.05) is 26.4 Å². The van der Waals surface area contributed by atoms with Crippen LogP contribution in [0.15, 0.2) is 24.3 Å². The average molecular weight is 813 g/mol. The lowest BCUT2D eigenvalue weighted by atomic mass is 9.96. The first kappa shape index (κ1) is 44.5. The number of carbonyl (C=O) groups is 2. The van der Waals surface area contributed by atoms with E-state index < -0.39 is 161 Å². The third kappa shape index (κ3) is 9.14. The van der Waals surface area contributed by atoms with Crippen LogP contribution in [0.3, 0.4) is 0 Å². The Morgan fingerprint density at radius 1 is 0.446 bits per heavy atom. The van der Waals surface area contributed by atoms with Crippen LogP contribution in [0.5, 0.6) is 0 Å². The molecule has 2 amide bonds. The minimum absolute atomic E-state index is 0.0926. The van der Waals surface area contributed by atoms with E-state index in [0.29, 0.717) is 0 Å². The van der Waals surface area contributed by atoms with E-state index in [2.05, 4.69) is 10.6 Å². The molecule has 4 saturated heterocycles. The number of rotatable bonds is 12. The van der Waals surface area contributed by atoms with Gasteiger partial charge >= 0.3 is 0 Å². The summed E-state index contributed by atoms with van der Waals surface area (Å²) in [5.74, 6) is -1.77. The van der Waals surface area contributed by atoms with Gasteiger partial charge in [-0.15, -0.1) is 0 Å². The van der Waals surface area contributed by atoms with Gasteiger partial charge in [-0.25, -0.2) is 0 Å². The number of benzene rings is 1. The second-order valence-corrected chi connectivity index (χ2v) is 13.6. The van der Waals surface area contributed by atoms with Gasteiger partial charge in [-0.05, 0) is 24.3 Å². The molecule has 24 nitrogen and oxygen atoms in total. The number of amides is 2. The second-order valence-electron chi connectivity index (χ2n) is 13.6. The minimum atomic E-state index is -1.90. The van der Waals surface area contributed by atoms with Gasteiger partial charge in [-0.2, -0.15) is 0 Å². The fraction of sp³-hybridized carbons (Fsp3) is 0.750. The van der Waals surface area contributed by atoms with Gasteiger partial charge in [-0.1, -0.05) is 0 Å². The first-order valence-electron chi connectivity index (χ1n) is 17.4. The van der Waals surface area contributed by atoms with Crippen LogP contribution in [0, 0.1) is 0 Å². The first-order valence-corrected chi connectivity index (χ1v) is 17.4. The van der Waals surface area contributed by atoms with Gasteiger partial charge in [0, 0.05) is 11.1 Å². The number of carbonyl (C=O) groups excluding carboxylic acids is 2. The van der Waals surface area contributed by atoms with Crippen LogP contribution in [-0.2, 0) is 28.4 Å². The highest BCUT2D eigenvalue weighted by atomic mass is 16.7. The molecular weight excluding hydrogens is 764 g/mol. The summed E-state index contributed by atoms with van der Waals surface area (Å²) in [5.41, 5.74) is -0.185. The average Bonchev–Trinajstić information content (AvgIpc) is 3.20. The normalized spacial score (nSPS) is 44.5. The molecule has 56 heavy (non-hydrogen) atoms. The zero-order chi connectivity index (χ0) is 41.2. The number of hydrogen-bond donors (Lipinski definition) is 16. The van der Waals surface area contributed by atoms with Gasteiger partial charge < -0.3 is 111 Å². The molecule has 20 atom stereocenters. The van der Waals surface area contributed by atoms with E-state index in [1.807, 2.05) is 0 Å². The van der Waals surface area contributed by atoms with Crippen molar-refractivity contribution in [2.45, 2.75) is 123 Å². The first-order chi connectivity index (χ1) is 26.6. The molecule has 0 aromatic heterocycles. The van der Waals surface area contributed by atoms with E-state index in [9.17, 15) is 81.1 Å². The molecule has 5 rings (SSSR count). The largest absolute Gasteiger partial charge is 0.394 e. The minimum Gasteiger partial charge on any atom is -0.394 e. The molecule has 0 saturated carbocycles. The Bertz CT molecular complexity index is 1330. The van der Waals surface area contributed by atoms with Crippen LogP contribution in [-0.4, -0.2) is 232 Å². The zero-order valence-electron chi connectivity index (χ0n) is 29.2. The van der Waals surface area contributed by atoms with E-state index in [4.69, 9.17) is 28.4 Å². The lowest BCUT2D eigenvalue weighted by Gasteiger charge is -2.46. The van der Waals surface area contributed by atoms with Gasteiger partial charge in [0.1, 0.15) is 97.7 Å². The van der Waals surface area contributed by atoms with Crippen LogP contribution >= 0.6 is 0 Å². The molecule has 4 aliphatic heterocycles. The number of nitrogens with one attached hydrogen (secondary N) is 2. The summed E-state index contributed by atoms with van der Waals surface area (Å²) in [6.07, 6.45) is -34.0. The molecule has 1 aromatic rings. The molecular formula is C32H48N2O22. The highest BCUT2D eigenvalue weighted by Gasteiger charge is 2.52. The lowest BCUT2D eigenvalue weighted by Crippen LogP contribution is -2.66. The summed E-state index contributed by atoms with van der Waals surface area (Å²) in [6, 6.07) is 4.72. The molecule has 16 N–H and O–H groups in total. The van der Waals surface area contributed by atoms with Crippen molar-refractivity contribution in [3.8, 4) is 0 Å². The van der Waals surface area contributed by atoms with E-state index in [1.165, 1.54) is 24.3 Å². The predicted molar refractivity (Wildman–Crippen MR) is 174 cm³/mol. The summed E-state index contributed by atoms with van der Waals surface area (Å²) >= 11 is 0. The molecule has 4 heterocycles. The lowest BCUT2D eigenvalue weighted by molar-refractivity contribution is -0.342. The summed E-state index contributed by atoms with van der Waals surface area (Å²) < 4.78 is 32.6. The van der Waals surface area contributed by atoms with Crippen molar-refractivity contribution in [3.05, 3.63) is 35.4 Å². The molecule has 24 heteroatoms. The zero-order valence-corrected chi connectivity index (χ0v) is 29.2. The number of aliphatic hydroxyl groups excluding tert-OH is 14. The molecule has 0 bridgehead atoms. The van der Waals surface area contributed by atoms with E-state index >= 15 is 0 Å². The number of ether oxygens (including phenoxy) is 6. The van der Waals surface area contributed by atoms with Gasteiger partial charge in [0.15, 0.2) is 25.0 Å². The van der Waals surface area contributed by atoms with Crippen molar-refractivity contribution in [1.29, 1.82) is 0 Å². The summed E-state index contributed by atoms with van der Waals surface area (Å²) in [7, 11) is 0. The fourth-order valence-corrected chi connectivity index (χ4v) is 6.62. The molecule has 0 radical (unpaired) electrons. The van der Waals surface area contributed by atoms with E-state index in [0.717, 1.165) is 0 Å². The molecule has 0 spiro atoms. The smallest absolute Gasteiger partial charge is 0.253 e. The highest BCUT2D eigenvalue weighted by Crippen LogP contribution is 2.31. The van der Waals surface area contributed by atoms with Crippen LogP contribution in [0.2, 0.25) is 0 Å². The van der Waals surface area contributed by atoms with Crippen molar-refractivity contribution >= 4 is 11.8 Å². The van der Waals surface area contributed by atoms with Gasteiger partial charge in [0.2, 0.25) is 0 Å². The van der Waals surface area contributed by atoms with Gasteiger partial charge in [0.25, 0.3) is 11.8 Å². The maximum absolute atomic E-state index is 13.1. The van der Waals surface area contributed by atoms with Crippen molar-refractivity contribution in [1.82, 2.24) is 10.6 Å². The molecule has 0 unspecified atom stereocenters. The van der Waals surface area contributed by atoms with Crippen LogP contribution in [0.1, 0.15) is 20.7 Å². The van der Waals surface area contributed by atoms with Crippen molar-refractivity contribution in [3.63, 3.8) is 0 Å². The monoisotopic (exact) mass is 812 g/mol. The standard InChI is InChI=1S/C32H48N2O22/c35-5-11-15(39)17(41)23(47)31(53-11)55-25-13(7-37)51-29(21(45)19(25)43)33-27(49)9-1-2-10(4-3-9)28(50)34-30-22(46)20(44)26(14(8-38)52-30)56-32-24(48)18(42)16(40)12(6-36)54-32/h1-4,11-26,29-32,35-48H,5-8H2,(H,33,49)(H,34,50)/t11-,12-,13-,14-,15-,16-,17+,18+,19-,20-,21-,22-,23-,24-,25-,26-,29-,30-,31+,32+/m1/s1. The SMILES string of the molecule is O=C(N[C@@H]1O[C@H](CO)[C@@H](O[C@@H]2O[C@H](CO)[C@@H](O)[C@H](O)[C@H]2O)[C@H](O)[C@H]1O)c1ccc(C(=O)N[C@@H]2O[C@H](CO)[C@@H](O[C@@H]3O[C@H](CO)[C@@H](O)[C@H](O)[C@H]3O)[C@H](O)[C@H]2O)cc1.